The third kappa shape index (κ3) is 8.33. The minimum absolute atomic E-state index is 0. The van der Waals surface area contributed by atoms with Gasteiger partial charge >= 0.3 is 0 Å². The number of aromatic nitrogens is 3. The maximum absolute atomic E-state index is 8.66. The fourth-order valence-corrected chi connectivity index (χ4v) is 7.12. The summed E-state index contributed by atoms with van der Waals surface area (Å²) in [7, 11) is -1.70. The minimum Gasteiger partial charge on any atom is -0.486 e. The standard InChI is InChI=1S/C22H13N2O.C21H30NSi.Ir/c1-2-7-15(8-3-1)19-13-12-17-16-9-6-10-18(20-11-4-5-14-23-20)21(16)25-22(17)24-19;1-15(2)11-19-13-20(22-14-21(19)23(5,6)7)18-10-8-9-17(12-18)16(3)4;/h1-9,11-14H;8-9,12-16H,11H2,1-7H3;/q2*-1;/i;11D2;. The Hall–Kier alpha value is -4.22. The SMILES string of the molecule is [2H]C([2H])(c1cc(-c2[c-]ccc(C(C)C)c2)ncc1[Si](C)(C)C)C(C)C.[Ir].[c-]1ccc2c(oc3nc(-c4ccccc4)ccc32)c1-c1ccccn1. The smallest absolute Gasteiger partial charge is 0.216 e. The summed E-state index contributed by atoms with van der Waals surface area (Å²) in [5.41, 5.74) is 8.87. The largest absolute Gasteiger partial charge is 0.486 e. The molecule has 49 heavy (non-hydrogen) atoms. The molecule has 4 nitrogen and oxygen atoms in total. The van der Waals surface area contributed by atoms with Gasteiger partial charge in [0.25, 0.3) is 0 Å². The molecule has 0 aliphatic heterocycles. The van der Waals surface area contributed by atoms with Crippen molar-refractivity contribution in [2.45, 2.75) is 59.6 Å². The van der Waals surface area contributed by atoms with Crippen LogP contribution >= 0.6 is 0 Å². The van der Waals surface area contributed by atoms with E-state index in [2.05, 4.69) is 73.8 Å². The predicted octanol–water partition coefficient (Wildman–Crippen LogP) is 10.9. The van der Waals surface area contributed by atoms with Gasteiger partial charge in [0.1, 0.15) is 0 Å². The molecule has 0 atom stereocenters. The first-order chi connectivity index (χ1) is 23.8. The van der Waals surface area contributed by atoms with Gasteiger partial charge in [0, 0.05) is 46.2 Å². The number of furan rings is 1. The summed E-state index contributed by atoms with van der Waals surface area (Å²) in [6, 6.07) is 38.6. The van der Waals surface area contributed by atoms with Crippen LogP contribution in [0.2, 0.25) is 19.6 Å². The zero-order valence-electron chi connectivity index (χ0n) is 31.1. The Balaban J connectivity index is 0.000000194. The van der Waals surface area contributed by atoms with Gasteiger partial charge in [-0.05, 0) is 53.0 Å². The fraction of sp³-hybridized carbons (Fsp3) is 0.233. The van der Waals surface area contributed by atoms with Crippen molar-refractivity contribution in [2.75, 3.05) is 0 Å². The molecule has 251 valence electrons. The van der Waals surface area contributed by atoms with E-state index in [1.165, 1.54) is 5.56 Å². The van der Waals surface area contributed by atoms with Crippen LogP contribution in [0.25, 0.3) is 55.8 Å². The Kier molecular flexibility index (Phi) is 10.6. The van der Waals surface area contributed by atoms with Crippen LogP contribution in [0.5, 0.6) is 0 Å². The van der Waals surface area contributed by atoms with Gasteiger partial charge in [-0.2, -0.15) is 0 Å². The summed E-state index contributed by atoms with van der Waals surface area (Å²) in [5.74, 6) is 0.347. The molecule has 0 aliphatic rings. The van der Waals surface area contributed by atoms with E-state index in [4.69, 9.17) is 12.1 Å². The molecule has 0 N–H and O–H groups in total. The molecule has 0 bridgehead atoms. The monoisotopic (exact) mass is 840 g/mol. The Morgan fingerprint density at radius 2 is 1.53 bits per heavy atom. The van der Waals surface area contributed by atoms with Gasteiger partial charge in [-0.15, -0.1) is 53.6 Å². The predicted molar refractivity (Wildman–Crippen MR) is 203 cm³/mol. The van der Waals surface area contributed by atoms with Crippen molar-refractivity contribution in [3.63, 3.8) is 0 Å². The van der Waals surface area contributed by atoms with E-state index in [9.17, 15) is 0 Å². The van der Waals surface area contributed by atoms with E-state index in [1.54, 1.807) is 6.20 Å². The van der Waals surface area contributed by atoms with Crippen molar-refractivity contribution >= 4 is 35.3 Å². The number of pyridine rings is 3. The molecule has 7 aromatic rings. The van der Waals surface area contributed by atoms with E-state index in [1.807, 2.05) is 98.9 Å². The van der Waals surface area contributed by atoms with E-state index in [0.29, 0.717) is 11.6 Å². The van der Waals surface area contributed by atoms with Crippen LogP contribution in [0, 0.1) is 18.1 Å². The number of hydrogen-bond acceptors (Lipinski definition) is 4. The number of nitrogens with zero attached hydrogens (tertiary/aromatic N) is 3. The van der Waals surface area contributed by atoms with Gasteiger partial charge in [0.05, 0.1) is 19.4 Å². The normalized spacial score (nSPS) is 12.3. The van der Waals surface area contributed by atoms with Crippen molar-refractivity contribution in [1.29, 1.82) is 0 Å². The molecular weight excluding hydrogens is 795 g/mol. The summed E-state index contributed by atoms with van der Waals surface area (Å²) in [6.07, 6.45) is 2.31. The van der Waals surface area contributed by atoms with Crippen molar-refractivity contribution < 1.29 is 27.3 Å². The molecular formula is C43H43IrN3OSi-2. The van der Waals surface area contributed by atoms with E-state index in [0.717, 1.165) is 60.9 Å². The van der Waals surface area contributed by atoms with Gasteiger partial charge in [-0.25, -0.2) is 4.98 Å². The first-order valence-corrected chi connectivity index (χ1v) is 20.1. The summed E-state index contributed by atoms with van der Waals surface area (Å²) >= 11 is 0. The molecule has 0 unspecified atom stereocenters. The Bertz CT molecular complexity index is 2250. The zero-order valence-corrected chi connectivity index (χ0v) is 32.5. The van der Waals surface area contributed by atoms with Crippen LogP contribution in [-0.2, 0) is 26.5 Å². The molecule has 0 aliphatic carbocycles. The van der Waals surface area contributed by atoms with Crippen LogP contribution in [0.1, 0.15) is 47.5 Å². The van der Waals surface area contributed by atoms with Crippen molar-refractivity contribution in [3.05, 3.63) is 133 Å². The van der Waals surface area contributed by atoms with Crippen molar-refractivity contribution in [3.8, 4) is 33.8 Å². The second-order valence-corrected chi connectivity index (χ2v) is 18.7. The second-order valence-electron chi connectivity index (χ2n) is 13.7. The molecule has 1 radical (unpaired) electrons. The molecule has 4 aromatic heterocycles. The number of rotatable bonds is 7. The molecule has 4 heterocycles. The molecule has 0 saturated carbocycles. The first-order valence-electron chi connectivity index (χ1n) is 17.6. The first kappa shape index (κ1) is 33.3. The average Bonchev–Trinajstić information content (AvgIpc) is 3.50. The Morgan fingerprint density at radius 1 is 0.776 bits per heavy atom. The van der Waals surface area contributed by atoms with Gasteiger partial charge in [0.2, 0.25) is 5.71 Å². The number of hydrogen-bond donors (Lipinski definition) is 0. The van der Waals surface area contributed by atoms with E-state index in [-0.39, 0.29) is 26.0 Å². The zero-order chi connectivity index (χ0) is 35.6. The Morgan fingerprint density at radius 3 is 2.22 bits per heavy atom. The molecule has 3 aromatic carbocycles. The average molecular weight is 840 g/mol. The molecule has 0 saturated heterocycles. The number of benzene rings is 3. The third-order valence-corrected chi connectivity index (χ3v) is 10.2. The van der Waals surface area contributed by atoms with Crippen LogP contribution in [0.15, 0.2) is 114 Å². The van der Waals surface area contributed by atoms with Crippen molar-refractivity contribution in [2.24, 2.45) is 5.92 Å². The van der Waals surface area contributed by atoms with Crippen LogP contribution in [0.4, 0.5) is 0 Å². The molecule has 0 fully saturated rings. The number of fused-ring (bicyclic) bond motifs is 3. The molecule has 6 heteroatoms. The molecule has 0 spiro atoms. The summed E-state index contributed by atoms with van der Waals surface area (Å²) in [6.45, 7) is 15.0. The maximum Gasteiger partial charge on any atom is 0.216 e. The fourth-order valence-electron chi connectivity index (χ4n) is 5.71. The second kappa shape index (κ2) is 15.5. The van der Waals surface area contributed by atoms with E-state index >= 15 is 0 Å². The summed E-state index contributed by atoms with van der Waals surface area (Å²) < 4.78 is 23.4. The van der Waals surface area contributed by atoms with Gasteiger partial charge in [-0.1, -0.05) is 112 Å². The van der Waals surface area contributed by atoms with Crippen LogP contribution < -0.4 is 5.19 Å². The topological polar surface area (TPSA) is 51.8 Å². The minimum atomic E-state index is -1.70. The maximum atomic E-state index is 8.66. The summed E-state index contributed by atoms with van der Waals surface area (Å²) in [5, 5.41) is 3.14. The third-order valence-electron chi connectivity index (χ3n) is 8.21. The summed E-state index contributed by atoms with van der Waals surface area (Å²) in [4.78, 5) is 13.8. The van der Waals surface area contributed by atoms with Crippen molar-refractivity contribution in [1.82, 2.24) is 15.0 Å². The van der Waals surface area contributed by atoms with Crippen LogP contribution in [-0.4, -0.2) is 23.0 Å². The van der Waals surface area contributed by atoms with Gasteiger partial charge in [0.15, 0.2) is 0 Å². The van der Waals surface area contributed by atoms with Gasteiger partial charge < -0.3 is 14.4 Å². The quantitative estimate of drug-likeness (QED) is 0.119. The van der Waals surface area contributed by atoms with E-state index < -0.39 is 14.4 Å². The molecule has 0 amide bonds. The van der Waals surface area contributed by atoms with Crippen LogP contribution in [0.3, 0.4) is 0 Å². The van der Waals surface area contributed by atoms with Gasteiger partial charge in [-0.3, -0.25) is 0 Å². The Labute approximate surface area is 308 Å². The molecule has 7 rings (SSSR count).